The van der Waals surface area contributed by atoms with E-state index in [1.165, 1.54) is 24.3 Å². The van der Waals surface area contributed by atoms with E-state index in [0.717, 1.165) is 22.5 Å². The average molecular weight is 701 g/mol. The smallest absolute Gasteiger partial charge is 0.247 e. The molecular formula is C40H34F2N6O4. The number of carbonyl (C=O) groups excluding carboxylic acids is 4. The Hall–Kier alpha value is -5.78. The van der Waals surface area contributed by atoms with Gasteiger partial charge in [0.2, 0.25) is 23.6 Å². The molecule has 0 aromatic heterocycles. The Bertz CT molecular complexity index is 2080. The number of nitrogens with one attached hydrogen (secondary N) is 4. The van der Waals surface area contributed by atoms with E-state index >= 15 is 0 Å². The van der Waals surface area contributed by atoms with Gasteiger partial charge in [-0.3, -0.25) is 19.2 Å². The van der Waals surface area contributed by atoms with E-state index < -0.39 is 59.0 Å². The van der Waals surface area contributed by atoms with Gasteiger partial charge in [0.1, 0.15) is 48.1 Å². The van der Waals surface area contributed by atoms with E-state index in [1.54, 1.807) is 34.1 Å². The van der Waals surface area contributed by atoms with Crippen LogP contribution in [-0.4, -0.2) is 69.9 Å². The second-order valence-electron chi connectivity index (χ2n) is 14.8. The van der Waals surface area contributed by atoms with Crippen molar-refractivity contribution in [1.29, 1.82) is 0 Å². The first kappa shape index (κ1) is 31.0. The lowest BCUT2D eigenvalue weighted by Crippen LogP contribution is -2.67. The van der Waals surface area contributed by atoms with Crippen LogP contribution in [0.1, 0.15) is 35.1 Å². The molecule has 0 bridgehead atoms. The monoisotopic (exact) mass is 700 g/mol. The highest BCUT2D eigenvalue weighted by atomic mass is 19.1. The maximum absolute atomic E-state index is 14.6. The molecule has 4 amide bonds. The minimum Gasteiger partial charge on any atom is -0.364 e. The summed E-state index contributed by atoms with van der Waals surface area (Å²) in [5.74, 6) is -2.03. The molecule has 4 aromatic carbocycles. The fourth-order valence-corrected chi connectivity index (χ4v) is 10.5. The van der Waals surface area contributed by atoms with Crippen LogP contribution in [0.5, 0.6) is 0 Å². The van der Waals surface area contributed by atoms with Crippen LogP contribution in [0.2, 0.25) is 0 Å². The summed E-state index contributed by atoms with van der Waals surface area (Å²) < 4.78 is 28.3. The Labute approximate surface area is 297 Å². The highest BCUT2D eigenvalue weighted by Gasteiger charge is 2.78. The van der Waals surface area contributed by atoms with Crippen molar-refractivity contribution >= 4 is 35.0 Å². The number of amides is 4. The van der Waals surface area contributed by atoms with Crippen LogP contribution in [-0.2, 0) is 42.8 Å². The molecule has 4 N–H and O–H groups in total. The van der Waals surface area contributed by atoms with Gasteiger partial charge < -0.3 is 31.1 Å². The molecule has 10 nitrogen and oxygen atoms in total. The molecule has 0 unspecified atom stereocenters. The second kappa shape index (κ2) is 10.9. The fourth-order valence-electron chi connectivity index (χ4n) is 10.5. The summed E-state index contributed by atoms with van der Waals surface area (Å²) >= 11 is 0. The Balaban J connectivity index is 1.11. The van der Waals surface area contributed by atoms with Crippen molar-refractivity contribution in [2.24, 2.45) is 0 Å². The first-order valence-corrected chi connectivity index (χ1v) is 17.7. The van der Waals surface area contributed by atoms with Gasteiger partial charge in [-0.2, -0.15) is 0 Å². The van der Waals surface area contributed by atoms with Crippen molar-refractivity contribution in [3.8, 4) is 0 Å². The number of para-hydroxylation sites is 2. The number of rotatable bonds is 5. The molecule has 8 atom stereocenters. The van der Waals surface area contributed by atoms with Crippen LogP contribution in [0.25, 0.3) is 0 Å². The molecule has 4 fully saturated rings. The number of nitrogens with zero attached hydrogens (tertiary/aromatic N) is 2. The quantitative estimate of drug-likeness (QED) is 0.254. The van der Waals surface area contributed by atoms with Gasteiger partial charge in [0.25, 0.3) is 0 Å². The van der Waals surface area contributed by atoms with Crippen LogP contribution < -0.4 is 21.3 Å². The number of halogens is 2. The summed E-state index contributed by atoms with van der Waals surface area (Å²) in [6.45, 7) is 0. The SMILES string of the molecule is O=C1N[C@@H](Cc2cccc(F)c2)C(=O)N2[C@H]3Nc4ccccc4[C@@]3([C@]34C[C@H]5C(=O)N[C@@H](Cc6cccc(F)c6)C(=O)N5[C@H]3Nc3ccccc34)C[C@@H]12. The summed E-state index contributed by atoms with van der Waals surface area (Å²) in [6, 6.07) is 24.2. The highest BCUT2D eigenvalue weighted by molar-refractivity contribution is 6.01. The molecule has 0 saturated carbocycles. The van der Waals surface area contributed by atoms with Crippen LogP contribution in [0.4, 0.5) is 20.2 Å². The lowest BCUT2D eigenvalue weighted by atomic mass is 9.54. The minimum absolute atomic E-state index is 0.119. The lowest BCUT2D eigenvalue weighted by molar-refractivity contribution is -0.149. The molecule has 6 heterocycles. The van der Waals surface area contributed by atoms with Crippen molar-refractivity contribution in [2.45, 2.75) is 73.0 Å². The molecule has 4 aromatic rings. The molecule has 12 heteroatoms. The van der Waals surface area contributed by atoms with Gasteiger partial charge in [-0.25, -0.2) is 8.78 Å². The Kier molecular flexibility index (Phi) is 6.48. The molecule has 52 heavy (non-hydrogen) atoms. The van der Waals surface area contributed by atoms with E-state index in [0.29, 0.717) is 11.1 Å². The van der Waals surface area contributed by atoms with Gasteiger partial charge in [0.05, 0.1) is 10.8 Å². The molecule has 6 aliphatic rings. The van der Waals surface area contributed by atoms with Crippen LogP contribution >= 0.6 is 0 Å². The third-order valence-electron chi connectivity index (χ3n) is 12.4. The fraction of sp³-hybridized carbons (Fsp3) is 0.300. The van der Waals surface area contributed by atoms with E-state index in [4.69, 9.17) is 0 Å². The lowest BCUT2D eigenvalue weighted by Gasteiger charge is -2.48. The van der Waals surface area contributed by atoms with E-state index in [1.807, 2.05) is 48.5 Å². The van der Waals surface area contributed by atoms with Gasteiger partial charge in [-0.15, -0.1) is 0 Å². The first-order chi connectivity index (χ1) is 25.2. The normalized spacial score (nSPS) is 32.1. The molecule has 0 aliphatic carbocycles. The Morgan fingerprint density at radius 2 is 0.981 bits per heavy atom. The Morgan fingerprint density at radius 1 is 0.558 bits per heavy atom. The third-order valence-corrected chi connectivity index (χ3v) is 12.4. The standard InChI is InChI=1S/C40H34F2N6O4/c41-23-9-5-7-21(15-23)17-29-35(51)47-31(33(49)43-29)19-39(25-11-1-3-13-27(25)45-37(39)47)40-20-32-34(50)44-30(18-22-8-6-10-24(42)16-22)36(52)48(32)38(40)46-28-14-4-2-12-26(28)40/h1-16,29-32,37-38,45-46H,17-20H2,(H,43,49)(H,44,50)/t29-,30-,31-,32-,37+,38+,39-,40-/m0/s1. The van der Waals surface area contributed by atoms with Crippen molar-refractivity contribution in [3.63, 3.8) is 0 Å². The number of carbonyl (C=O) groups is 4. The summed E-state index contributed by atoms with van der Waals surface area (Å²) in [6.07, 6.45) is -0.701. The zero-order valence-electron chi connectivity index (χ0n) is 27.8. The second-order valence-corrected chi connectivity index (χ2v) is 14.8. The summed E-state index contributed by atoms with van der Waals surface area (Å²) in [5.41, 5.74) is 2.66. The van der Waals surface area contributed by atoms with Gasteiger partial charge in [0, 0.05) is 24.2 Å². The van der Waals surface area contributed by atoms with Crippen molar-refractivity contribution in [1.82, 2.24) is 20.4 Å². The maximum Gasteiger partial charge on any atom is 0.247 e. The molecule has 262 valence electrons. The molecule has 0 radical (unpaired) electrons. The number of anilines is 2. The van der Waals surface area contributed by atoms with E-state index in [-0.39, 0.29) is 49.3 Å². The highest BCUT2D eigenvalue weighted by Crippen LogP contribution is 2.68. The van der Waals surface area contributed by atoms with Gasteiger partial charge in [-0.1, -0.05) is 60.7 Å². The Morgan fingerprint density at radius 3 is 1.40 bits per heavy atom. The van der Waals surface area contributed by atoms with Gasteiger partial charge in [0.15, 0.2) is 0 Å². The van der Waals surface area contributed by atoms with Gasteiger partial charge >= 0.3 is 0 Å². The average Bonchev–Trinajstić information content (AvgIpc) is 3.84. The largest absolute Gasteiger partial charge is 0.364 e. The number of fused-ring (bicyclic) bond motifs is 11. The number of piperazine rings is 2. The molecule has 0 spiro atoms. The zero-order chi connectivity index (χ0) is 35.5. The predicted molar refractivity (Wildman–Crippen MR) is 186 cm³/mol. The van der Waals surface area contributed by atoms with Crippen molar-refractivity contribution < 1.29 is 28.0 Å². The number of hydrogen-bond acceptors (Lipinski definition) is 6. The zero-order valence-corrected chi connectivity index (χ0v) is 27.8. The summed E-state index contributed by atoms with van der Waals surface area (Å²) in [7, 11) is 0. The molecule has 10 rings (SSSR count). The van der Waals surface area contributed by atoms with Crippen LogP contribution in [0, 0.1) is 11.6 Å². The molecule has 4 saturated heterocycles. The van der Waals surface area contributed by atoms with Crippen LogP contribution in [0.15, 0.2) is 97.1 Å². The molecular weight excluding hydrogens is 666 g/mol. The van der Waals surface area contributed by atoms with E-state index in [2.05, 4.69) is 21.3 Å². The van der Waals surface area contributed by atoms with E-state index in [9.17, 15) is 28.0 Å². The summed E-state index contributed by atoms with van der Waals surface area (Å²) in [5, 5.41) is 13.2. The van der Waals surface area contributed by atoms with Crippen molar-refractivity contribution in [2.75, 3.05) is 10.6 Å². The van der Waals surface area contributed by atoms with Crippen molar-refractivity contribution in [3.05, 3.63) is 131 Å². The molecule has 6 aliphatic heterocycles. The summed E-state index contributed by atoms with van der Waals surface area (Å²) in [4.78, 5) is 60.9. The first-order valence-electron chi connectivity index (χ1n) is 17.7. The minimum atomic E-state index is -0.977. The topological polar surface area (TPSA) is 123 Å². The predicted octanol–water partition coefficient (Wildman–Crippen LogP) is 3.33. The number of hydrogen-bond donors (Lipinski definition) is 4. The van der Waals surface area contributed by atoms with Crippen LogP contribution in [0.3, 0.4) is 0 Å². The number of benzene rings is 4. The third kappa shape index (κ3) is 4.03. The maximum atomic E-state index is 14.6. The van der Waals surface area contributed by atoms with Gasteiger partial charge in [-0.05, 0) is 71.5 Å².